The maximum Gasteiger partial charge on any atom is 0.115 e. The Morgan fingerprint density at radius 1 is 0.305 bits per heavy atom. The van der Waals surface area contributed by atoms with Crippen LogP contribution in [-0.4, -0.2) is 32.7 Å². The third-order valence-electron chi connectivity index (χ3n) is 11.9. The summed E-state index contributed by atoms with van der Waals surface area (Å²) in [7, 11) is 21.4. The summed E-state index contributed by atoms with van der Waals surface area (Å²) in [5.41, 5.74) is 16.4. The lowest BCUT2D eigenvalue weighted by Gasteiger charge is -2.19. The molecule has 0 aliphatic rings. The van der Waals surface area contributed by atoms with Crippen molar-refractivity contribution in [2.75, 3.05) is 0 Å². The molecule has 59 heavy (non-hydrogen) atoms. The molecule has 0 saturated heterocycles. The fourth-order valence-corrected chi connectivity index (χ4v) is 9.09. The minimum Gasteiger partial charge on any atom is -0.310 e. The lowest BCUT2D eigenvalue weighted by atomic mass is 9.69. The van der Waals surface area contributed by atoms with E-state index in [-0.39, 0.29) is 0 Å². The summed E-state index contributed by atoms with van der Waals surface area (Å²) in [5.74, 6) is 0. The average Bonchev–Trinajstić information content (AvgIpc) is 3.83. The van der Waals surface area contributed by atoms with Crippen molar-refractivity contribution in [3.8, 4) is 55.9 Å². The number of aromatic nitrogens is 2. The van der Waals surface area contributed by atoms with Gasteiger partial charge in [0.25, 0.3) is 0 Å². The van der Waals surface area contributed by atoms with Gasteiger partial charge < -0.3 is 9.13 Å². The number of hydrogen-bond donors (Lipinski definition) is 0. The van der Waals surface area contributed by atoms with Crippen molar-refractivity contribution >= 4 is 83.5 Å². The zero-order valence-corrected chi connectivity index (χ0v) is 32.2. The fraction of sp³-hybridized carbons (Fsp3) is 0. The number of fused-ring (bicyclic) bond motifs is 6. The average molecular weight is 742 g/mol. The minimum atomic E-state index is 0.468. The maximum atomic E-state index is 7.28. The molecular formula is C54H33B3N2. The third kappa shape index (κ3) is 5.61. The van der Waals surface area contributed by atoms with Crippen LogP contribution in [0.15, 0.2) is 200 Å². The van der Waals surface area contributed by atoms with Crippen LogP contribution in [0.1, 0.15) is 0 Å². The van der Waals surface area contributed by atoms with E-state index in [9.17, 15) is 0 Å². The van der Waals surface area contributed by atoms with Gasteiger partial charge in [0, 0.05) is 44.0 Å². The second-order valence-corrected chi connectivity index (χ2v) is 15.2. The predicted molar refractivity (Wildman–Crippen MR) is 253 cm³/mol. The minimum absolute atomic E-state index is 0.468. The standard InChI is InChI=1S/C54H33B3N2/c55-50-48(51(56)52(57)54-49(50)44-19-10-11-22-46(44)59(54)40-17-8-3-9-18-40)39-29-32-47-45(33-39)43-21-12-20-42(38-15-6-2-7-16-38)53(43)58(47)41-30-27-37(28-31-41)36-25-23-35(24-26-36)34-13-4-1-5-14-34/h1-33H. The molecule has 2 heterocycles. The Balaban J connectivity index is 1.10. The lowest BCUT2D eigenvalue weighted by Crippen LogP contribution is -2.35. The first-order valence-electron chi connectivity index (χ1n) is 19.9. The number of benzene rings is 9. The van der Waals surface area contributed by atoms with E-state index in [1.807, 2.05) is 36.4 Å². The van der Waals surface area contributed by atoms with Gasteiger partial charge in [0.1, 0.15) is 23.5 Å². The Hall–Kier alpha value is -7.23. The van der Waals surface area contributed by atoms with Crippen LogP contribution in [0.4, 0.5) is 0 Å². The molecule has 0 spiro atoms. The quantitative estimate of drug-likeness (QED) is 0.150. The summed E-state index contributed by atoms with van der Waals surface area (Å²) in [4.78, 5) is 0. The normalized spacial score (nSPS) is 11.6. The van der Waals surface area contributed by atoms with Crippen molar-refractivity contribution in [3.05, 3.63) is 200 Å². The number of hydrogen-bond acceptors (Lipinski definition) is 0. The largest absolute Gasteiger partial charge is 0.310 e. The van der Waals surface area contributed by atoms with E-state index >= 15 is 0 Å². The van der Waals surface area contributed by atoms with Gasteiger partial charge in [0.15, 0.2) is 0 Å². The summed E-state index contributed by atoms with van der Waals surface area (Å²) in [6.07, 6.45) is 0. The molecule has 0 saturated carbocycles. The highest BCUT2D eigenvalue weighted by atomic mass is 15.0. The Bertz CT molecular complexity index is 3370. The lowest BCUT2D eigenvalue weighted by molar-refractivity contribution is 1.18. The van der Waals surface area contributed by atoms with Crippen molar-refractivity contribution in [2.24, 2.45) is 0 Å². The van der Waals surface area contributed by atoms with Crippen molar-refractivity contribution in [3.63, 3.8) is 0 Å². The molecule has 5 heteroatoms. The first-order valence-corrected chi connectivity index (χ1v) is 19.9. The van der Waals surface area contributed by atoms with E-state index in [1.54, 1.807) is 0 Å². The highest BCUT2D eigenvalue weighted by molar-refractivity contribution is 6.60. The summed E-state index contributed by atoms with van der Waals surface area (Å²) in [6, 6.07) is 70.4. The SMILES string of the molecule is [B]c1c(-c2ccc3c(c2)c2cccc(-c4ccccc4)c2n3-c2ccc(-c3ccc(-c4ccccc4)cc3)cc2)c([B])c2c3ccccc3n(-c3ccccc3)c2c1[B]. The molecule has 6 radical (unpaired) electrons. The Morgan fingerprint density at radius 3 is 1.47 bits per heavy atom. The molecule has 0 atom stereocenters. The van der Waals surface area contributed by atoms with E-state index in [1.165, 1.54) is 16.7 Å². The van der Waals surface area contributed by atoms with Gasteiger partial charge >= 0.3 is 0 Å². The first kappa shape index (κ1) is 35.0. The monoisotopic (exact) mass is 742 g/mol. The van der Waals surface area contributed by atoms with Crippen LogP contribution in [0.3, 0.4) is 0 Å². The Labute approximate surface area is 347 Å². The second kappa shape index (κ2) is 14.0. The van der Waals surface area contributed by atoms with Crippen LogP contribution in [0, 0.1) is 0 Å². The molecule has 0 fully saturated rings. The van der Waals surface area contributed by atoms with E-state index in [2.05, 4.69) is 173 Å². The zero-order chi connectivity index (χ0) is 39.6. The van der Waals surface area contributed by atoms with Crippen LogP contribution in [0.2, 0.25) is 0 Å². The number of nitrogens with zero attached hydrogens (tertiary/aromatic N) is 2. The van der Waals surface area contributed by atoms with Crippen molar-refractivity contribution in [1.29, 1.82) is 0 Å². The van der Waals surface area contributed by atoms with E-state index in [0.717, 1.165) is 82.8 Å². The molecule has 0 N–H and O–H groups in total. The summed E-state index contributed by atoms with van der Waals surface area (Å²) >= 11 is 0. The smallest absolute Gasteiger partial charge is 0.115 e. The number of para-hydroxylation sites is 3. The van der Waals surface area contributed by atoms with Crippen LogP contribution in [0.25, 0.3) is 99.5 Å². The van der Waals surface area contributed by atoms with Gasteiger partial charge in [0.2, 0.25) is 0 Å². The van der Waals surface area contributed by atoms with Crippen molar-refractivity contribution in [1.82, 2.24) is 9.13 Å². The van der Waals surface area contributed by atoms with Gasteiger partial charge in [-0.25, -0.2) is 0 Å². The molecule has 0 aliphatic heterocycles. The second-order valence-electron chi connectivity index (χ2n) is 15.2. The van der Waals surface area contributed by atoms with Gasteiger partial charge in [-0.15, -0.1) is 0 Å². The van der Waals surface area contributed by atoms with Crippen LogP contribution < -0.4 is 16.4 Å². The Kier molecular flexibility index (Phi) is 8.30. The van der Waals surface area contributed by atoms with Crippen molar-refractivity contribution in [2.45, 2.75) is 0 Å². The molecule has 2 aromatic heterocycles. The molecule has 11 aromatic rings. The van der Waals surface area contributed by atoms with Gasteiger partial charge in [-0.05, 0) is 81.4 Å². The topological polar surface area (TPSA) is 9.86 Å². The van der Waals surface area contributed by atoms with Crippen LogP contribution in [0.5, 0.6) is 0 Å². The van der Waals surface area contributed by atoms with Gasteiger partial charge in [-0.3, -0.25) is 0 Å². The Morgan fingerprint density at radius 2 is 0.797 bits per heavy atom. The van der Waals surface area contributed by atoms with Crippen LogP contribution in [-0.2, 0) is 0 Å². The van der Waals surface area contributed by atoms with E-state index in [0.29, 0.717) is 16.4 Å². The first-order chi connectivity index (χ1) is 29.0. The maximum absolute atomic E-state index is 7.28. The van der Waals surface area contributed by atoms with Crippen molar-refractivity contribution < 1.29 is 0 Å². The molecule has 0 aliphatic carbocycles. The summed E-state index contributed by atoms with van der Waals surface area (Å²) in [5, 5.41) is 4.16. The fourth-order valence-electron chi connectivity index (χ4n) is 9.09. The molecule has 0 amide bonds. The summed E-state index contributed by atoms with van der Waals surface area (Å²) in [6.45, 7) is 0. The molecule has 2 nitrogen and oxygen atoms in total. The molecular weight excluding hydrogens is 709 g/mol. The molecule has 0 bridgehead atoms. The van der Waals surface area contributed by atoms with Crippen LogP contribution >= 0.6 is 0 Å². The zero-order valence-electron chi connectivity index (χ0n) is 32.2. The summed E-state index contributed by atoms with van der Waals surface area (Å²) < 4.78 is 4.56. The van der Waals surface area contributed by atoms with E-state index < -0.39 is 0 Å². The highest BCUT2D eigenvalue weighted by Gasteiger charge is 2.22. The van der Waals surface area contributed by atoms with Gasteiger partial charge in [-0.1, -0.05) is 174 Å². The molecule has 268 valence electrons. The predicted octanol–water partition coefficient (Wildman–Crippen LogP) is 10.9. The molecule has 11 rings (SSSR count). The van der Waals surface area contributed by atoms with Gasteiger partial charge in [-0.2, -0.15) is 0 Å². The highest BCUT2D eigenvalue weighted by Crippen LogP contribution is 2.40. The molecule has 0 unspecified atom stereocenters. The van der Waals surface area contributed by atoms with Gasteiger partial charge in [0.05, 0.1) is 16.6 Å². The van der Waals surface area contributed by atoms with E-state index in [4.69, 9.17) is 23.5 Å². The molecule has 9 aromatic carbocycles. The third-order valence-corrected chi connectivity index (χ3v) is 11.9. The number of rotatable bonds is 6.